The van der Waals surface area contributed by atoms with Crippen molar-refractivity contribution in [3.05, 3.63) is 47.8 Å². The van der Waals surface area contributed by atoms with Crippen LogP contribution in [-0.4, -0.2) is 29.7 Å². The Hall–Kier alpha value is -2.14. The van der Waals surface area contributed by atoms with Crippen LogP contribution in [0.4, 0.5) is 5.69 Å². The number of likely N-dealkylation sites (N-methyl/N-ethyl adjacent to an activating group) is 1. The van der Waals surface area contributed by atoms with Crippen LogP contribution in [0.5, 0.6) is 0 Å². The van der Waals surface area contributed by atoms with Gasteiger partial charge < -0.3 is 10.6 Å². The molecule has 1 heterocycles. The van der Waals surface area contributed by atoms with Crippen LogP contribution >= 0.6 is 0 Å². The second-order valence-corrected chi connectivity index (χ2v) is 3.95. The first kappa shape index (κ1) is 12.3. The SMILES string of the molecule is CNCCc1ccccc1C(=O)Nc1cn[nH]c1. The number of aromatic nitrogens is 2. The maximum Gasteiger partial charge on any atom is 0.256 e. The number of H-pyrrole nitrogens is 1. The Bertz CT molecular complexity index is 507. The Morgan fingerprint density at radius 3 is 2.94 bits per heavy atom. The number of nitrogens with one attached hydrogen (secondary N) is 3. The molecule has 1 aromatic carbocycles. The number of hydrogen-bond donors (Lipinski definition) is 3. The van der Waals surface area contributed by atoms with E-state index in [1.165, 1.54) is 0 Å². The number of hydrogen-bond acceptors (Lipinski definition) is 3. The normalized spacial score (nSPS) is 10.3. The fourth-order valence-corrected chi connectivity index (χ4v) is 1.74. The molecule has 0 bridgehead atoms. The van der Waals surface area contributed by atoms with Crippen LogP contribution < -0.4 is 10.6 Å². The zero-order chi connectivity index (χ0) is 12.8. The van der Waals surface area contributed by atoms with E-state index in [0.717, 1.165) is 18.5 Å². The van der Waals surface area contributed by atoms with E-state index < -0.39 is 0 Å². The van der Waals surface area contributed by atoms with E-state index in [4.69, 9.17) is 0 Å². The zero-order valence-electron chi connectivity index (χ0n) is 10.2. The monoisotopic (exact) mass is 244 g/mol. The second kappa shape index (κ2) is 5.97. The fraction of sp³-hybridized carbons (Fsp3) is 0.231. The molecule has 0 aliphatic heterocycles. The van der Waals surface area contributed by atoms with Crippen molar-refractivity contribution >= 4 is 11.6 Å². The minimum absolute atomic E-state index is 0.108. The maximum atomic E-state index is 12.1. The summed E-state index contributed by atoms with van der Waals surface area (Å²) in [5, 5.41) is 12.3. The van der Waals surface area contributed by atoms with Gasteiger partial charge in [-0.05, 0) is 31.6 Å². The highest BCUT2D eigenvalue weighted by Gasteiger charge is 2.10. The van der Waals surface area contributed by atoms with Gasteiger partial charge in [-0.15, -0.1) is 0 Å². The molecule has 0 aliphatic rings. The van der Waals surface area contributed by atoms with Gasteiger partial charge in [0.1, 0.15) is 0 Å². The number of carbonyl (C=O) groups excluding carboxylic acids is 1. The molecule has 18 heavy (non-hydrogen) atoms. The number of carbonyl (C=O) groups is 1. The average molecular weight is 244 g/mol. The first-order chi connectivity index (χ1) is 8.81. The minimum Gasteiger partial charge on any atom is -0.319 e. The van der Waals surface area contributed by atoms with Crippen LogP contribution in [-0.2, 0) is 6.42 Å². The zero-order valence-corrected chi connectivity index (χ0v) is 10.2. The average Bonchev–Trinajstić information content (AvgIpc) is 2.89. The molecule has 5 heteroatoms. The Morgan fingerprint density at radius 1 is 1.39 bits per heavy atom. The molecule has 0 saturated carbocycles. The van der Waals surface area contributed by atoms with E-state index in [0.29, 0.717) is 11.3 Å². The van der Waals surface area contributed by atoms with E-state index in [1.54, 1.807) is 12.4 Å². The lowest BCUT2D eigenvalue weighted by molar-refractivity contribution is 0.102. The molecule has 2 aromatic rings. The van der Waals surface area contributed by atoms with Crippen molar-refractivity contribution in [2.24, 2.45) is 0 Å². The smallest absolute Gasteiger partial charge is 0.256 e. The molecule has 1 aromatic heterocycles. The summed E-state index contributed by atoms with van der Waals surface area (Å²) >= 11 is 0. The lowest BCUT2D eigenvalue weighted by atomic mass is 10.0. The first-order valence-electron chi connectivity index (χ1n) is 5.84. The third-order valence-electron chi connectivity index (χ3n) is 2.66. The third-order valence-corrected chi connectivity index (χ3v) is 2.66. The summed E-state index contributed by atoms with van der Waals surface area (Å²) in [4.78, 5) is 12.1. The molecule has 0 radical (unpaired) electrons. The summed E-state index contributed by atoms with van der Waals surface area (Å²) in [6.07, 6.45) is 4.05. The van der Waals surface area contributed by atoms with Gasteiger partial charge in [-0.2, -0.15) is 5.10 Å². The van der Waals surface area contributed by atoms with E-state index in [2.05, 4.69) is 20.8 Å². The van der Waals surface area contributed by atoms with Crippen molar-refractivity contribution in [2.75, 3.05) is 18.9 Å². The number of aromatic amines is 1. The van der Waals surface area contributed by atoms with Gasteiger partial charge in [0, 0.05) is 11.8 Å². The molecule has 0 aliphatic carbocycles. The number of benzene rings is 1. The van der Waals surface area contributed by atoms with Gasteiger partial charge in [0.25, 0.3) is 5.91 Å². The van der Waals surface area contributed by atoms with Crippen molar-refractivity contribution in [3.8, 4) is 0 Å². The van der Waals surface area contributed by atoms with E-state index in [1.807, 2.05) is 31.3 Å². The van der Waals surface area contributed by atoms with Gasteiger partial charge in [0.15, 0.2) is 0 Å². The van der Waals surface area contributed by atoms with Crippen LogP contribution in [0.15, 0.2) is 36.7 Å². The fourth-order valence-electron chi connectivity index (χ4n) is 1.74. The highest BCUT2D eigenvalue weighted by Crippen LogP contribution is 2.12. The van der Waals surface area contributed by atoms with Gasteiger partial charge in [-0.25, -0.2) is 0 Å². The van der Waals surface area contributed by atoms with E-state index in [9.17, 15) is 4.79 Å². The predicted octanol–water partition coefficient (Wildman–Crippen LogP) is 1.42. The molecule has 3 N–H and O–H groups in total. The summed E-state index contributed by atoms with van der Waals surface area (Å²) in [6, 6.07) is 7.62. The quantitative estimate of drug-likeness (QED) is 0.745. The number of rotatable bonds is 5. The largest absolute Gasteiger partial charge is 0.319 e. The molecule has 94 valence electrons. The van der Waals surface area contributed by atoms with Crippen molar-refractivity contribution in [1.29, 1.82) is 0 Å². The molecule has 0 fully saturated rings. The molecule has 0 unspecified atom stereocenters. The Labute approximate surface area is 106 Å². The van der Waals surface area contributed by atoms with E-state index >= 15 is 0 Å². The lowest BCUT2D eigenvalue weighted by Crippen LogP contribution is -2.17. The molecule has 5 nitrogen and oxygen atoms in total. The highest BCUT2D eigenvalue weighted by molar-refractivity contribution is 6.05. The molecule has 0 spiro atoms. The summed E-state index contributed by atoms with van der Waals surface area (Å²) in [6.45, 7) is 0.843. The molecule has 2 rings (SSSR count). The van der Waals surface area contributed by atoms with Crippen LogP contribution in [0.1, 0.15) is 15.9 Å². The van der Waals surface area contributed by atoms with Gasteiger partial charge in [-0.3, -0.25) is 9.89 Å². The first-order valence-corrected chi connectivity index (χ1v) is 5.84. The van der Waals surface area contributed by atoms with Gasteiger partial charge in [-0.1, -0.05) is 18.2 Å². The van der Waals surface area contributed by atoms with Crippen LogP contribution in [0, 0.1) is 0 Å². The summed E-state index contributed by atoms with van der Waals surface area (Å²) in [5.41, 5.74) is 2.41. The molecular formula is C13H16N4O. The summed E-state index contributed by atoms with van der Waals surface area (Å²) in [5.74, 6) is -0.108. The van der Waals surface area contributed by atoms with Gasteiger partial charge >= 0.3 is 0 Å². The van der Waals surface area contributed by atoms with Crippen molar-refractivity contribution in [2.45, 2.75) is 6.42 Å². The Morgan fingerprint density at radius 2 is 2.22 bits per heavy atom. The standard InChI is InChI=1S/C13H16N4O/c1-14-7-6-10-4-2-3-5-12(10)13(18)17-11-8-15-16-9-11/h2-5,8-9,14H,6-7H2,1H3,(H,15,16)(H,17,18). The lowest BCUT2D eigenvalue weighted by Gasteiger charge is -2.08. The van der Waals surface area contributed by atoms with Crippen molar-refractivity contribution < 1.29 is 4.79 Å². The maximum absolute atomic E-state index is 12.1. The predicted molar refractivity (Wildman–Crippen MR) is 70.6 cm³/mol. The Kier molecular flexibility index (Phi) is 4.09. The van der Waals surface area contributed by atoms with Crippen LogP contribution in [0.25, 0.3) is 0 Å². The van der Waals surface area contributed by atoms with Crippen molar-refractivity contribution in [1.82, 2.24) is 15.5 Å². The minimum atomic E-state index is -0.108. The number of nitrogens with zero attached hydrogens (tertiary/aromatic N) is 1. The molecule has 1 amide bonds. The molecule has 0 saturated heterocycles. The van der Waals surface area contributed by atoms with Crippen molar-refractivity contribution in [3.63, 3.8) is 0 Å². The van der Waals surface area contributed by atoms with E-state index in [-0.39, 0.29) is 5.91 Å². The second-order valence-electron chi connectivity index (χ2n) is 3.95. The van der Waals surface area contributed by atoms with Gasteiger partial charge in [0.2, 0.25) is 0 Å². The molecule has 0 atom stereocenters. The topological polar surface area (TPSA) is 69.8 Å². The molecular weight excluding hydrogens is 228 g/mol. The summed E-state index contributed by atoms with van der Waals surface area (Å²) in [7, 11) is 1.90. The van der Waals surface area contributed by atoms with Crippen LogP contribution in [0.3, 0.4) is 0 Å². The van der Waals surface area contributed by atoms with Gasteiger partial charge in [0.05, 0.1) is 11.9 Å². The number of anilines is 1. The Balaban J connectivity index is 2.13. The number of amides is 1. The summed E-state index contributed by atoms with van der Waals surface area (Å²) < 4.78 is 0. The third kappa shape index (κ3) is 2.95. The highest BCUT2D eigenvalue weighted by atomic mass is 16.1. The van der Waals surface area contributed by atoms with Crippen LogP contribution in [0.2, 0.25) is 0 Å².